The van der Waals surface area contributed by atoms with E-state index in [9.17, 15) is 4.39 Å². The summed E-state index contributed by atoms with van der Waals surface area (Å²) in [7, 11) is 0. The Morgan fingerprint density at radius 3 is 2.75 bits per heavy atom. The molecule has 8 heavy (non-hydrogen) atoms. The number of aromatic nitrogens is 2. The highest BCUT2D eigenvalue weighted by molar-refractivity contribution is 5.28. The van der Waals surface area contributed by atoms with Gasteiger partial charge in [-0.3, -0.25) is 4.57 Å². The van der Waals surface area contributed by atoms with Crippen LogP contribution in [0.15, 0.2) is 25.3 Å². The summed E-state index contributed by atoms with van der Waals surface area (Å²) in [6.45, 7) is 3.05. The minimum atomic E-state index is -0.512. The fourth-order valence-corrected chi connectivity index (χ4v) is 0.403. The summed E-state index contributed by atoms with van der Waals surface area (Å²) in [5.41, 5.74) is 0. The van der Waals surface area contributed by atoms with Gasteiger partial charge in [0, 0.05) is 12.4 Å². The summed E-state index contributed by atoms with van der Waals surface area (Å²) in [5.74, 6) is -0.512. The van der Waals surface area contributed by atoms with Crippen LogP contribution in [0.4, 0.5) is 4.39 Å². The van der Waals surface area contributed by atoms with Gasteiger partial charge in [-0.15, -0.1) is 0 Å². The molecular formula is C5H5FN2. The summed E-state index contributed by atoms with van der Waals surface area (Å²) in [4.78, 5) is 3.61. The predicted octanol–water partition coefficient (Wildman–Crippen LogP) is 1.28. The van der Waals surface area contributed by atoms with Crippen LogP contribution in [-0.2, 0) is 0 Å². The number of rotatable bonds is 1. The number of imidazole rings is 1. The molecule has 1 rings (SSSR count). The summed E-state index contributed by atoms with van der Waals surface area (Å²) >= 11 is 0. The van der Waals surface area contributed by atoms with E-state index in [4.69, 9.17) is 0 Å². The maximum absolute atomic E-state index is 12.0. The van der Waals surface area contributed by atoms with Crippen LogP contribution >= 0.6 is 0 Å². The van der Waals surface area contributed by atoms with Gasteiger partial charge in [0.1, 0.15) is 6.33 Å². The Morgan fingerprint density at radius 2 is 2.50 bits per heavy atom. The van der Waals surface area contributed by atoms with Crippen molar-refractivity contribution in [3.63, 3.8) is 0 Å². The zero-order chi connectivity index (χ0) is 5.98. The van der Waals surface area contributed by atoms with E-state index in [1.807, 2.05) is 0 Å². The lowest BCUT2D eigenvalue weighted by Gasteiger charge is -1.89. The smallest absolute Gasteiger partial charge is 0.191 e. The van der Waals surface area contributed by atoms with Gasteiger partial charge in [-0.2, -0.15) is 4.39 Å². The van der Waals surface area contributed by atoms with Crippen molar-refractivity contribution in [3.05, 3.63) is 25.3 Å². The molecule has 42 valence electrons. The van der Waals surface area contributed by atoms with Gasteiger partial charge in [0.05, 0.1) is 0 Å². The molecule has 0 aromatic carbocycles. The normalized spacial score (nSPS) is 9.12. The fourth-order valence-electron chi connectivity index (χ4n) is 0.403. The van der Waals surface area contributed by atoms with Gasteiger partial charge in [0.2, 0.25) is 0 Å². The molecular weight excluding hydrogens is 107 g/mol. The van der Waals surface area contributed by atoms with Crippen LogP contribution in [0.25, 0.3) is 5.95 Å². The molecule has 0 aliphatic rings. The molecule has 0 atom stereocenters. The first kappa shape index (κ1) is 5.03. The zero-order valence-electron chi connectivity index (χ0n) is 4.21. The van der Waals surface area contributed by atoms with Gasteiger partial charge < -0.3 is 0 Å². The van der Waals surface area contributed by atoms with Crippen molar-refractivity contribution in [1.82, 2.24) is 9.55 Å². The van der Waals surface area contributed by atoms with Crippen molar-refractivity contribution in [2.75, 3.05) is 0 Å². The Hall–Kier alpha value is -1.12. The Labute approximate surface area is 46.3 Å². The molecule has 1 aromatic heterocycles. The quantitative estimate of drug-likeness (QED) is 0.535. The van der Waals surface area contributed by atoms with E-state index in [1.54, 1.807) is 0 Å². The largest absolute Gasteiger partial charge is 0.283 e. The maximum atomic E-state index is 12.0. The Bertz CT molecular complexity index is 178. The number of hydrogen-bond acceptors (Lipinski definition) is 1. The first-order valence-electron chi connectivity index (χ1n) is 2.13. The third kappa shape index (κ3) is 0.753. The van der Waals surface area contributed by atoms with E-state index in [-0.39, 0.29) is 0 Å². The highest BCUT2D eigenvalue weighted by Gasteiger charge is 1.88. The van der Waals surface area contributed by atoms with Crippen molar-refractivity contribution in [1.29, 1.82) is 0 Å². The lowest BCUT2D eigenvalue weighted by molar-refractivity contribution is 0.691. The molecule has 1 aromatic rings. The van der Waals surface area contributed by atoms with Crippen LogP contribution in [0.1, 0.15) is 0 Å². The molecule has 0 aliphatic carbocycles. The summed E-state index contributed by atoms with van der Waals surface area (Å²) in [5, 5.41) is 0. The lowest BCUT2D eigenvalue weighted by atomic mass is 10.8. The molecule has 0 saturated heterocycles. The average molecular weight is 112 g/mol. The molecule has 0 amide bonds. The summed E-state index contributed by atoms with van der Waals surface area (Å²) < 4.78 is 13.2. The van der Waals surface area contributed by atoms with Crippen molar-refractivity contribution in [3.8, 4) is 0 Å². The molecule has 0 fully saturated rings. The molecule has 0 saturated carbocycles. The van der Waals surface area contributed by atoms with E-state index in [0.29, 0.717) is 0 Å². The second-order valence-electron chi connectivity index (χ2n) is 1.35. The van der Waals surface area contributed by atoms with Gasteiger partial charge >= 0.3 is 0 Å². The first-order chi connectivity index (χ1) is 3.80. The second-order valence-corrected chi connectivity index (χ2v) is 1.35. The van der Waals surface area contributed by atoms with Crippen LogP contribution in [0.3, 0.4) is 0 Å². The Balaban J connectivity index is 2.93. The van der Waals surface area contributed by atoms with E-state index in [2.05, 4.69) is 11.6 Å². The molecule has 0 bridgehead atoms. The van der Waals surface area contributed by atoms with Gasteiger partial charge in [0.25, 0.3) is 0 Å². The highest BCUT2D eigenvalue weighted by atomic mass is 19.1. The van der Waals surface area contributed by atoms with E-state index < -0.39 is 5.95 Å². The van der Waals surface area contributed by atoms with Crippen molar-refractivity contribution < 1.29 is 4.39 Å². The zero-order valence-corrected chi connectivity index (χ0v) is 4.21. The van der Waals surface area contributed by atoms with Crippen LogP contribution in [-0.4, -0.2) is 9.55 Å². The van der Waals surface area contributed by atoms with E-state index in [1.165, 1.54) is 23.3 Å². The second kappa shape index (κ2) is 1.78. The Morgan fingerprint density at radius 1 is 1.75 bits per heavy atom. The Kier molecular flexibility index (Phi) is 1.12. The number of nitrogens with zero attached hydrogens (tertiary/aromatic N) is 2. The highest BCUT2D eigenvalue weighted by Crippen LogP contribution is 1.98. The molecule has 0 spiro atoms. The fraction of sp³-hybridized carbons (Fsp3) is 0. The topological polar surface area (TPSA) is 17.8 Å². The van der Waals surface area contributed by atoms with Crippen LogP contribution in [0.2, 0.25) is 0 Å². The van der Waals surface area contributed by atoms with Crippen molar-refractivity contribution >= 4 is 5.95 Å². The SMILES string of the molecule is C=C(F)n1ccnc1. The van der Waals surface area contributed by atoms with E-state index >= 15 is 0 Å². The summed E-state index contributed by atoms with van der Waals surface area (Å²) in [6.07, 6.45) is 4.33. The van der Waals surface area contributed by atoms with Gasteiger partial charge in [-0.05, 0) is 6.58 Å². The standard InChI is InChI=1S/C5H5FN2/c1-5(6)8-3-2-7-4-8/h2-4H,1H2. The monoisotopic (exact) mass is 112 g/mol. The average Bonchev–Trinajstić information content (AvgIpc) is 2.12. The van der Waals surface area contributed by atoms with Gasteiger partial charge in [-0.25, -0.2) is 4.98 Å². The molecule has 0 unspecified atom stereocenters. The molecule has 3 heteroatoms. The molecule has 0 radical (unpaired) electrons. The number of hydrogen-bond donors (Lipinski definition) is 0. The van der Waals surface area contributed by atoms with E-state index in [0.717, 1.165) is 0 Å². The third-order valence-electron chi connectivity index (χ3n) is 0.785. The van der Waals surface area contributed by atoms with Gasteiger partial charge in [-0.1, -0.05) is 0 Å². The lowest BCUT2D eigenvalue weighted by Crippen LogP contribution is -1.82. The predicted molar refractivity (Wildman–Crippen MR) is 28.7 cm³/mol. The van der Waals surface area contributed by atoms with Crippen LogP contribution < -0.4 is 0 Å². The minimum absolute atomic E-state index is 0.512. The van der Waals surface area contributed by atoms with Crippen LogP contribution in [0.5, 0.6) is 0 Å². The van der Waals surface area contributed by atoms with Crippen molar-refractivity contribution in [2.24, 2.45) is 0 Å². The van der Waals surface area contributed by atoms with Crippen molar-refractivity contribution in [2.45, 2.75) is 0 Å². The maximum Gasteiger partial charge on any atom is 0.191 e. The van der Waals surface area contributed by atoms with Crippen LogP contribution in [0, 0.1) is 0 Å². The molecule has 0 N–H and O–H groups in total. The first-order valence-corrected chi connectivity index (χ1v) is 2.13. The minimum Gasteiger partial charge on any atom is -0.283 e. The molecule has 2 nitrogen and oxygen atoms in total. The number of halogens is 1. The summed E-state index contributed by atoms with van der Waals surface area (Å²) in [6, 6.07) is 0. The molecule has 1 heterocycles. The molecule has 0 aliphatic heterocycles. The van der Waals surface area contributed by atoms with Gasteiger partial charge in [0.15, 0.2) is 5.95 Å². The third-order valence-corrected chi connectivity index (χ3v) is 0.785.